The number of allylic oxidation sites excluding steroid dienone is 2. The predicted molar refractivity (Wildman–Crippen MR) is 86.8 cm³/mol. The van der Waals surface area contributed by atoms with E-state index >= 15 is 0 Å². The predicted octanol–water partition coefficient (Wildman–Crippen LogP) is 4.18. The van der Waals surface area contributed by atoms with Crippen molar-refractivity contribution in [3.05, 3.63) is 24.6 Å². The van der Waals surface area contributed by atoms with Gasteiger partial charge in [-0.25, -0.2) is 4.99 Å². The van der Waals surface area contributed by atoms with E-state index in [4.69, 9.17) is 0 Å². The van der Waals surface area contributed by atoms with Crippen molar-refractivity contribution in [3.8, 4) is 0 Å². The molecule has 0 aromatic rings. The molecule has 19 heavy (non-hydrogen) atoms. The Balaban J connectivity index is 4.39. The molecule has 108 valence electrons. The number of aliphatic imine (C=N–C) groups is 2. The zero-order valence-corrected chi connectivity index (χ0v) is 13.1. The SMILES string of the molecule is C=C(CC(C)C(N=CCC)=NCC)N/C=C\C(C)C. The molecule has 3 heteroatoms. The maximum absolute atomic E-state index is 4.45. The largest absolute Gasteiger partial charge is 0.366 e. The van der Waals surface area contributed by atoms with Gasteiger partial charge in [0.05, 0.1) is 0 Å². The number of hydrogen-bond donors (Lipinski definition) is 1. The molecule has 0 aliphatic carbocycles. The number of nitrogens with zero attached hydrogens (tertiary/aromatic N) is 2. The zero-order valence-electron chi connectivity index (χ0n) is 13.1. The number of amidine groups is 1. The molecule has 0 saturated carbocycles. The highest BCUT2D eigenvalue weighted by atomic mass is 14.9. The van der Waals surface area contributed by atoms with Crippen molar-refractivity contribution in [2.45, 2.75) is 47.5 Å². The van der Waals surface area contributed by atoms with Gasteiger partial charge in [-0.2, -0.15) is 0 Å². The van der Waals surface area contributed by atoms with Gasteiger partial charge in [-0.05, 0) is 31.9 Å². The van der Waals surface area contributed by atoms with Crippen LogP contribution in [0.3, 0.4) is 0 Å². The number of rotatable bonds is 8. The van der Waals surface area contributed by atoms with Crippen molar-refractivity contribution in [1.29, 1.82) is 0 Å². The van der Waals surface area contributed by atoms with E-state index in [1.165, 1.54) is 0 Å². The third-order valence-electron chi connectivity index (χ3n) is 2.49. The maximum Gasteiger partial charge on any atom is 0.126 e. The van der Waals surface area contributed by atoms with Gasteiger partial charge in [0.2, 0.25) is 0 Å². The summed E-state index contributed by atoms with van der Waals surface area (Å²) >= 11 is 0. The van der Waals surface area contributed by atoms with Gasteiger partial charge in [0.15, 0.2) is 0 Å². The van der Waals surface area contributed by atoms with E-state index < -0.39 is 0 Å². The Morgan fingerprint density at radius 3 is 2.47 bits per heavy atom. The van der Waals surface area contributed by atoms with Crippen molar-refractivity contribution < 1.29 is 0 Å². The molecule has 0 amide bonds. The average molecular weight is 263 g/mol. The molecule has 0 fully saturated rings. The van der Waals surface area contributed by atoms with E-state index in [1.54, 1.807) is 0 Å². The Labute approximate surface area is 118 Å². The van der Waals surface area contributed by atoms with Crippen molar-refractivity contribution in [3.63, 3.8) is 0 Å². The van der Waals surface area contributed by atoms with E-state index in [0.717, 1.165) is 30.9 Å². The Morgan fingerprint density at radius 1 is 1.26 bits per heavy atom. The minimum Gasteiger partial charge on any atom is -0.366 e. The van der Waals surface area contributed by atoms with E-state index in [9.17, 15) is 0 Å². The molecule has 0 aromatic heterocycles. The standard InChI is InChI=1S/C16H29N3/c1-7-10-19-16(17-8-2)14(5)12-15(6)18-11-9-13(3)4/h9-11,13-14,18H,6-8,12H2,1-5H3/b11-9-,17-16?,19-10?. The first-order chi connectivity index (χ1) is 9.01. The van der Waals surface area contributed by atoms with Gasteiger partial charge in [0.1, 0.15) is 5.84 Å². The van der Waals surface area contributed by atoms with Gasteiger partial charge in [0, 0.05) is 24.4 Å². The molecular weight excluding hydrogens is 234 g/mol. The van der Waals surface area contributed by atoms with Crippen LogP contribution in [-0.4, -0.2) is 18.6 Å². The van der Waals surface area contributed by atoms with Gasteiger partial charge >= 0.3 is 0 Å². The zero-order chi connectivity index (χ0) is 14.7. The van der Waals surface area contributed by atoms with Crippen LogP contribution < -0.4 is 5.32 Å². The third kappa shape index (κ3) is 9.23. The maximum atomic E-state index is 4.45. The first-order valence-corrected chi connectivity index (χ1v) is 7.19. The van der Waals surface area contributed by atoms with E-state index in [0.29, 0.717) is 5.92 Å². The highest BCUT2D eigenvalue weighted by Crippen LogP contribution is 2.11. The summed E-state index contributed by atoms with van der Waals surface area (Å²) in [6.45, 7) is 15.4. The van der Waals surface area contributed by atoms with Crippen LogP contribution in [0.5, 0.6) is 0 Å². The van der Waals surface area contributed by atoms with E-state index in [-0.39, 0.29) is 5.92 Å². The molecule has 0 rings (SSSR count). The average Bonchev–Trinajstić information content (AvgIpc) is 2.33. The molecule has 0 aliphatic heterocycles. The molecule has 0 bridgehead atoms. The number of nitrogens with one attached hydrogen (secondary N) is 1. The molecule has 1 unspecified atom stereocenters. The fraction of sp³-hybridized carbons (Fsp3) is 0.625. The van der Waals surface area contributed by atoms with Gasteiger partial charge in [-0.15, -0.1) is 0 Å². The second kappa shape index (κ2) is 10.5. The highest BCUT2D eigenvalue weighted by molar-refractivity contribution is 5.91. The third-order valence-corrected chi connectivity index (χ3v) is 2.49. The lowest BCUT2D eigenvalue weighted by Gasteiger charge is -2.13. The summed E-state index contributed by atoms with van der Waals surface area (Å²) in [5, 5.41) is 3.22. The molecule has 0 spiro atoms. The minimum absolute atomic E-state index is 0.287. The van der Waals surface area contributed by atoms with Crippen LogP contribution in [0.2, 0.25) is 0 Å². The molecule has 0 heterocycles. The van der Waals surface area contributed by atoms with Gasteiger partial charge < -0.3 is 5.32 Å². The smallest absolute Gasteiger partial charge is 0.126 e. The van der Waals surface area contributed by atoms with Gasteiger partial charge in [-0.3, -0.25) is 4.99 Å². The van der Waals surface area contributed by atoms with Crippen molar-refractivity contribution in [1.82, 2.24) is 5.32 Å². The lowest BCUT2D eigenvalue weighted by atomic mass is 10.0. The first-order valence-electron chi connectivity index (χ1n) is 7.19. The minimum atomic E-state index is 0.287. The van der Waals surface area contributed by atoms with Crippen LogP contribution in [0.15, 0.2) is 34.5 Å². The first kappa shape index (κ1) is 17.6. The molecule has 1 N–H and O–H groups in total. The molecule has 1 atom stereocenters. The van der Waals surface area contributed by atoms with Crippen LogP contribution >= 0.6 is 0 Å². The van der Waals surface area contributed by atoms with Crippen molar-refractivity contribution in [2.24, 2.45) is 21.8 Å². The molecular formula is C16H29N3. The number of hydrogen-bond acceptors (Lipinski definition) is 2. The van der Waals surface area contributed by atoms with Crippen molar-refractivity contribution >= 4 is 12.1 Å². The fourth-order valence-corrected chi connectivity index (χ4v) is 1.55. The lowest BCUT2D eigenvalue weighted by Crippen LogP contribution is -2.15. The van der Waals surface area contributed by atoms with Crippen LogP contribution in [0, 0.1) is 11.8 Å². The topological polar surface area (TPSA) is 36.8 Å². The molecule has 0 saturated heterocycles. The van der Waals surface area contributed by atoms with Gasteiger partial charge in [-0.1, -0.05) is 40.3 Å². The fourth-order valence-electron chi connectivity index (χ4n) is 1.55. The van der Waals surface area contributed by atoms with Crippen molar-refractivity contribution in [2.75, 3.05) is 6.54 Å². The quantitative estimate of drug-likeness (QED) is 0.517. The van der Waals surface area contributed by atoms with Crippen LogP contribution in [-0.2, 0) is 0 Å². The summed E-state index contributed by atoms with van der Waals surface area (Å²) in [6.07, 6.45) is 7.78. The molecule has 0 aliphatic rings. The monoisotopic (exact) mass is 263 g/mol. The summed E-state index contributed by atoms with van der Waals surface area (Å²) < 4.78 is 0. The Hall–Kier alpha value is -1.38. The van der Waals surface area contributed by atoms with Gasteiger partial charge in [0.25, 0.3) is 0 Å². The normalized spacial score (nSPS) is 14.5. The Kier molecular flexibility index (Phi) is 9.77. The lowest BCUT2D eigenvalue weighted by molar-refractivity contribution is 0.715. The van der Waals surface area contributed by atoms with Crippen LogP contribution in [0.4, 0.5) is 0 Å². The summed E-state index contributed by atoms with van der Waals surface area (Å²) in [5.74, 6) is 1.75. The van der Waals surface area contributed by atoms with E-state index in [2.05, 4.69) is 55.7 Å². The second-order valence-electron chi connectivity index (χ2n) is 5.01. The summed E-state index contributed by atoms with van der Waals surface area (Å²) in [6, 6.07) is 0. The highest BCUT2D eigenvalue weighted by Gasteiger charge is 2.10. The Bertz CT molecular complexity index is 338. The molecule has 0 radical (unpaired) electrons. The molecule has 3 nitrogen and oxygen atoms in total. The second-order valence-corrected chi connectivity index (χ2v) is 5.01. The summed E-state index contributed by atoms with van der Waals surface area (Å²) in [4.78, 5) is 8.89. The summed E-state index contributed by atoms with van der Waals surface area (Å²) in [7, 11) is 0. The molecule has 0 aromatic carbocycles. The van der Waals surface area contributed by atoms with Crippen LogP contribution in [0.1, 0.15) is 47.5 Å². The summed E-state index contributed by atoms with van der Waals surface area (Å²) in [5.41, 5.74) is 1.000. The Morgan fingerprint density at radius 2 is 1.95 bits per heavy atom. The van der Waals surface area contributed by atoms with Crippen LogP contribution in [0.25, 0.3) is 0 Å². The van der Waals surface area contributed by atoms with E-state index in [1.807, 2.05) is 19.3 Å².